The molecule has 3 rings (SSSR count). The van der Waals surface area contributed by atoms with Gasteiger partial charge in [0.1, 0.15) is 0 Å². The number of halogens is 1. The summed E-state index contributed by atoms with van der Waals surface area (Å²) in [5, 5.41) is 10.3. The summed E-state index contributed by atoms with van der Waals surface area (Å²) in [6, 6.07) is 1.98. The molecule has 2 aromatic heterocycles. The highest BCUT2D eigenvalue weighted by atomic mass is 35.5. The number of aryl methyl sites for hydroxylation is 1. The highest BCUT2D eigenvalue weighted by Gasteiger charge is 2.13. The van der Waals surface area contributed by atoms with Crippen LogP contribution in [0.25, 0.3) is 0 Å². The summed E-state index contributed by atoms with van der Waals surface area (Å²) < 4.78 is 1.73. The fraction of sp³-hybridized carbons (Fsp3) is 0.357. The summed E-state index contributed by atoms with van der Waals surface area (Å²) in [7, 11) is 0. The number of hydrogen-bond donors (Lipinski definition) is 2. The third-order valence-electron chi connectivity index (χ3n) is 3.39. The van der Waals surface area contributed by atoms with Crippen LogP contribution in [0.3, 0.4) is 0 Å². The maximum absolute atomic E-state index is 12.1. The van der Waals surface area contributed by atoms with E-state index in [9.17, 15) is 4.79 Å². The van der Waals surface area contributed by atoms with Gasteiger partial charge in [-0.15, -0.1) is 12.4 Å². The summed E-state index contributed by atoms with van der Waals surface area (Å²) in [5.74, 6) is -0.157. The topological polar surface area (TPSA) is 71.8 Å². The first-order valence-corrected chi connectivity index (χ1v) is 6.78. The summed E-state index contributed by atoms with van der Waals surface area (Å²) in [5.41, 5.74) is 3.54. The zero-order valence-electron chi connectivity index (χ0n) is 11.8. The molecule has 2 aromatic rings. The predicted molar refractivity (Wildman–Crippen MR) is 82.7 cm³/mol. The summed E-state index contributed by atoms with van der Waals surface area (Å²) in [6.45, 7) is 4.50. The lowest BCUT2D eigenvalue weighted by atomic mass is 10.1. The molecule has 0 radical (unpaired) electrons. The minimum absolute atomic E-state index is 0. The summed E-state index contributed by atoms with van der Waals surface area (Å²) >= 11 is 0. The van der Waals surface area contributed by atoms with Gasteiger partial charge in [0.15, 0.2) is 0 Å². The van der Waals surface area contributed by atoms with E-state index in [4.69, 9.17) is 0 Å². The van der Waals surface area contributed by atoms with Gasteiger partial charge in [-0.1, -0.05) is 0 Å². The molecule has 0 bridgehead atoms. The van der Waals surface area contributed by atoms with Gasteiger partial charge >= 0.3 is 0 Å². The van der Waals surface area contributed by atoms with Crippen molar-refractivity contribution in [3.63, 3.8) is 0 Å². The summed E-state index contributed by atoms with van der Waals surface area (Å²) in [6.07, 6.45) is 5.97. The molecule has 0 aromatic carbocycles. The lowest BCUT2D eigenvalue weighted by Crippen LogP contribution is -2.24. The van der Waals surface area contributed by atoms with Crippen molar-refractivity contribution in [2.75, 3.05) is 11.9 Å². The number of hydrogen-bond acceptors (Lipinski definition) is 4. The molecule has 2 N–H and O–H groups in total. The van der Waals surface area contributed by atoms with Crippen LogP contribution in [0.4, 0.5) is 5.69 Å². The van der Waals surface area contributed by atoms with Crippen LogP contribution in [0, 0.1) is 0 Å². The molecule has 7 heteroatoms. The minimum Gasteiger partial charge on any atom is -0.320 e. The van der Waals surface area contributed by atoms with Gasteiger partial charge in [-0.2, -0.15) is 5.10 Å². The molecule has 0 spiro atoms. The number of rotatable bonds is 3. The Morgan fingerprint density at radius 2 is 2.33 bits per heavy atom. The number of fused-ring (bicyclic) bond motifs is 1. The van der Waals surface area contributed by atoms with Crippen LogP contribution in [-0.4, -0.2) is 27.2 Å². The van der Waals surface area contributed by atoms with Crippen molar-refractivity contribution in [3.8, 4) is 0 Å². The van der Waals surface area contributed by atoms with E-state index in [0.717, 1.165) is 43.0 Å². The number of pyridine rings is 1. The molecule has 112 valence electrons. The molecule has 1 aliphatic heterocycles. The molecule has 0 aliphatic carbocycles. The molecule has 1 aliphatic rings. The first-order valence-electron chi connectivity index (χ1n) is 6.78. The number of carbonyl (C=O) groups is 1. The van der Waals surface area contributed by atoms with Crippen LogP contribution in [0.2, 0.25) is 0 Å². The van der Waals surface area contributed by atoms with E-state index in [-0.39, 0.29) is 18.3 Å². The molecule has 6 nitrogen and oxygen atoms in total. The third kappa shape index (κ3) is 3.40. The molecule has 0 atom stereocenters. The van der Waals surface area contributed by atoms with Gasteiger partial charge in [-0.25, -0.2) is 0 Å². The Balaban J connectivity index is 0.00000161. The van der Waals surface area contributed by atoms with E-state index in [1.807, 2.05) is 13.0 Å². The fourth-order valence-electron chi connectivity index (χ4n) is 2.27. The lowest BCUT2D eigenvalue weighted by Gasteiger charge is -2.16. The highest BCUT2D eigenvalue weighted by Crippen LogP contribution is 2.16. The van der Waals surface area contributed by atoms with Crippen molar-refractivity contribution in [1.29, 1.82) is 0 Å². The second kappa shape index (κ2) is 6.69. The zero-order valence-corrected chi connectivity index (χ0v) is 12.6. The smallest absolute Gasteiger partial charge is 0.258 e. The van der Waals surface area contributed by atoms with Gasteiger partial charge in [0.2, 0.25) is 0 Å². The summed E-state index contributed by atoms with van der Waals surface area (Å²) in [4.78, 5) is 16.5. The van der Waals surface area contributed by atoms with Crippen LogP contribution in [0.1, 0.15) is 28.5 Å². The minimum atomic E-state index is -0.157. The number of nitrogens with zero attached hydrogens (tertiary/aromatic N) is 3. The SMILES string of the molecule is CCn1cc(C(=O)Nc2cnc3c(c2)CNCC3)cn1.Cl. The Kier molecular flexibility index (Phi) is 4.93. The second-order valence-corrected chi connectivity index (χ2v) is 4.80. The molecule has 0 unspecified atom stereocenters. The van der Waals surface area contributed by atoms with Crippen LogP contribution in [0.15, 0.2) is 24.7 Å². The molecular weight excluding hydrogens is 290 g/mol. The third-order valence-corrected chi connectivity index (χ3v) is 3.39. The Labute approximate surface area is 129 Å². The Hall–Kier alpha value is -1.92. The maximum atomic E-state index is 12.1. The van der Waals surface area contributed by atoms with Crippen molar-refractivity contribution < 1.29 is 4.79 Å². The van der Waals surface area contributed by atoms with E-state index in [1.165, 1.54) is 0 Å². The Morgan fingerprint density at radius 1 is 1.48 bits per heavy atom. The van der Waals surface area contributed by atoms with E-state index in [0.29, 0.717) is 5.56 Å². The highest BCUT2D eigenvalue weighted by molar-refractivity contribution is 6.03. The van der Waals surface area contributed by atoms with Crippen molar-refractivity contribution in [2.24, 2.45) is 0 Å². The quantitative estimate of drug-likeness (QED) is 0.904. The number of aromatic nitrogens is 3. The van der Waals surface area contributed by atoms with Crippen LogP contribution < -0.4 is 10.6 Å². The van der Waals surface area contributed by atoms with Gasteiger partial charge in [0.25, 0.3) is 5.91 Å². The molecular formula is C14H18ClN5O. The Bertz CT molecular complexity index is 640. The average molecular weight is 308 g/mol. The Morgan fingerprint density at radius 3 is 3.10 bits per heavy atom. The van der Waals surface area contributed by atoms with Gasteiger partial charge in [0, 0.05) is 37.9 Å². The number of anilines is 1. The molecule has 0 saturated carbocycles. The van der Waals surface area contributed by atoms with Crippen molar-refractivity contribution in [2.45, 2.75) is 26.4 Å². The normalized spacial score (nSPS) is 13.2. The van der Waals surface area contributed by atoms with Gasteiger partial charge in [-0.3, -0.25) is 14.5 Å². The first-order chi connectivity index (χ1) is 9.76. The fourth-order valence-corrected chi connectivity index (χ4v) is 2.27. The van der Waals surface area contributed by atoms with Crippen molar-refractivity contribution in [3.05, 3.63) is 41.5 Å². The molecule has 3 heterocycles. The van der Waals surface area contributed by atoms with Crippen LogP contribution in [0.5, 0.6) is 0 Å². The number of nitrogens with one attached hydrogen (secondary N) is 2. The lowest BCUT2D eigenvalue weighted by molar-refractivity contribution is 0.102. The van der Waals surface area contributed by atoms with Gasteiger partial charge < -0.3 is 10.6 Å². The molecule has 21 heavy (non-hydrogen) atoms. The van der Waals surface area contributed by atoms with Gasteiger partial charge in [-0.05, 0) is 18.6 Å². The molecule has 0 saturated heterocycles. The zero-order chi connectivity index (χ0) is 13.9. The van der Waals surface area contributed by atoms with Crippen LogP contribution >= 0.6 is 12.4 Å². The van der Waals surface area contributed by atoms with Crippen molar-refractivity contribution >= 4 is 24.0 Å². The number of carbonyl (C=O) groups excluding carboxylic acids is 1. The van der Waals surface area contributed by atoms with E-state index in [2.05, 4.69) is 20.7 Å². The molecule has 1 amide bonds. The largest absolute Gasteiger partial charge is 0.320 e. The van der Waals surface area contributed by atoms with Crippen molar-refractivity contribution in [1.82, 2.24) is 20.1 Å². The van der Waals surface area contributed by atoms with E-state index < -0.39 is 0 Å². The van der Waals surface area contributed by atoms with E-state index >= 15 is 0 Å². The monoisotopic (exact) mass is 307 g/mol. The second-order valence-electron chi connectivity index (χ2n) is 4.80. The van der Waals surface area contributed by atoms with Crippen LogP contribution in [-0.2, 0) is 19.5 Å². The molecule has 0 fully saturated rings. The maximum Gasteiger partial charge on any atom is 0.258 e. The van der Waals surface area contributed by atoms with Gasteiger partial charge in [0.05, 0.1) is 23.6 Å². The standard InChI is InChI=1S/C14H17N5O.ClH/c1-2-19-9-11(7-17-19)14(20)18-12-5-10-6-15-4-3-13(10)16-8-12;/h5,7-9,15H,2-4,6H2,1H3,(H,18,20);1H. The average Bonchev–Trinajstić information content (AvgIpc) is 2.96. The first kappa shape index (κ1) is 15.5. The predicted octanol–water partition coefficient (Wildman–Crippen LogP) is 1.62. The van der Waals surface area contributed by atoms with E-state index in [1.54, 1.807) is 23.3 Å². The number of amides is 1.